The van der Waals surface area contributed by atoms with Crippen LogP contribution >= 0.6 is 11.6 Å². The highest BCUT2D eigenvalue weighted by Crippen LogP contribution is 2.32. The molecule has 2 aromatic rings. The van der Waals surface area contributed by atoms with Crippen LogP contribution in [0.3, 0.4) is 0 Å². The Kier molecular flexibility index (Phi) is 6.42. The van der Waals surface area contributed by atoms with Crippen LogP contribution in [0.2, 0.25) is 5.02 Å². The summed E-state index contributed by atoms with van der Waals surface area (Å²) in [6.45, 7) is 5.02. The van der Waals surface area contributed by atoms with E-state index in [0.717, 1.165) is 55.5 Å². The number of rotatable bonds is 7. The van der Waals surface area contributed by atoms with Crippen LogP contribution in [0, 0.1) is 0 Å². The minimum absolute atomic E-state index is 0.208. The van der Waals surface area contributed by atoms with E-state index >= 15 is 0 Å². The number of nitrogens with zero attached hydrogens (tertiary/aromatic N) is 2. The lowest BCUT2D eigenvalue weighted by molar-refractivity contribution is -0.132. The van der Waals surface area contributed by atoms with E-state index in [1.807, 2.05) is 47.4 Å². The summed E-state index contributed by atoms with van der Waals surface area (Å²) in [5.41, 5.74) is 1.10. The molecule has 0 radical (unpaired) electrons. The van der Waals surface area contributed by atoms with Gasteiger partial charge in [0, 0.05) is 44.2 Å². The third-order valence-electron chi connectivity index (χ3n) is 5.28. The Morgan fingerprint density at radius 2 is 1.76 bits per heavy atom. The third kappa shape index (κ3) is 5.34. The van der Waals surface area contributed by atoms with E-state index in [1.54, 1.807) is 0 Å². The summed E-state index contributed by atoms with van der Waals surface area (Å²) in [6, 6.07) is 13.3. The number of aryl methyl sites for hydroxylation is 1. The van der Waals surface area contributed by atoms with E-state index in [0.29, 0.717) is 24.5 Å². The number of carbonyl (C=O) groups excluding carboxylic acids is 1. The molecule has 7 heteroatoms. The van der Waals surface area contributed by atoms with Crippen molar-refractivity contribution >= 4 is 17.5 Å². The van der Waals surface area contributed by atoms with Gasteiger partial charge in [0.1, 0.15) is 12.4 Å². The highest BCUT2D eigenvalue weighted by molar-refractivity contribution is 6.30. The second-order valence-corrected chi connectivity index (χ2v) is 7.65. The third-order valence-corrected chi connectivity index (χ3v) is 5.53. The normalized spacial score (nSPS) is 16.1. The fourth-order valence-electron chi connectivity index (χ4n) is 3.55. The standard InChI is InChI=1S/C22H25ClN2O4/c23-18-3-5-19(6-4-18)27-14-13-24-9-11-25(12-10-24)22(26)8-2-17-1-7-20-21(15-17)29-16-28-20/h1,3-7,15H,2,8-14,16H2. The summed E-state index contributed by atoms with van der Waals surface area (Å²) in [6.07, 6.45) is 1.23. The summed E-state index contributed by atoms with van der Waals surface area (Å²) < 4.78 is 16.5. The molecule has 2 heterocycles. The lowest BCUT2D eigenvalue weighted by Crippen LogP contribution is -2.49. The molecule has 0 spiro atoms. The van der Waals surface area contributed by atoms with Crippen LogP contribution in [0.15, 0.2) is 42.5 Å². The van der Waals surface area contributed by atoms with Gasteiger partial charge in [-0.25, -0.2) is 0 Å². The molecule has 154 valence electrons. The van der Waals surface area contributed by atoms with Crippen LogP contribution in [0.25, 0.3) is 0 Å². The van der Waals surface area contributed by atoms with Crippen LogP contribution in [-0.2, 0) is 11.2 Å². The van der Waals surface area contributed by atoms with Crippen molar-refractivity contribution in [2.75, 3.05) is 46.1 Å². The number of hydrogen-bond donors (Lipinski definition) is 0. The van der Waals surface area contributed by atoms with Crippen LogP contribution < -0.4 is 14.2 Å². The summed E-state index contributed by atoms with van der Waals surface area (Å²) in [5, 5.41) is 0.705. The van der Waals surface area contributed by atoms with Gasteiger partial charge in [-0.2, -0.15) is 0 Å². The molecule has 2 aliphatic heterocycles. The quantitative estimate of drug-likeness (QED) is 0.693. The van der Waals surface area contributed by atoms with Crippen molar-refractivity contribution in [2.24, 2.45) is 0 Å². The fourth-order valence-corrected chi connectivity index (χ4v) is 3.68. The summed E-state index contributed by atoms with van der Waals surface area (Å²) >= 11 is 5.88. The average molecular weight is 417 g/mol. The molecule has 2 aromatic carbocycles. The monoisotopic (exact) mass is 416 g/mol. The smallest absolute Gasteiger partial charge is 0.231 e. The number of amides is 1. The lowest BCUT2D eigenvalue weighted by atomic mass is 10.1. The first-order chi connectivity index (χ1) is 14.2. The first-order valence-electron chi connectivity index (χ1n) is 9.94. The predicted octanol–water partition coefficient (Wildman–Crippen LogP) is 3.22. The van der Waals surface area contributed by atoms with Crippen molar-refractivity contribution < 1.29 is 19.0 Å². The number of ether oxygens (including phenoxy) is 3. The molecule has 0 atom stereocenters. The molecule has 29 heavy (non-hydrogen) atoms. The number of hydrogen-bond acceptors (Lipinski definition) is 5. The van der Waals surface area contributed by atoms with Crippen LogP contribution in [0.5, 0.6) is 17.2 Å². The minimum Gasteiger partial charge on any atom is -0.492 e. The molecule has 0 unspecified atom stereocenters. The second kappa shape index (κ2) is 9.37. The van der Waals surface area contributed by atoms with E-state index in [2.05, 4.69) is 4.90 Å². The maximum atomic E-state index is 12.6. The Morgan fingerprint density at radius 1 is 1.00 bits per heavy atom. The average Bonchev–Trinajstić information content (AvgIpc) is 3.22. The van der Waals surface area contributed by atoms with Crippen LogP contribution in [0.1, 0.15) is 12.0 Å². The lowest BCUT2D eigenvalue weighted by Gasteiger charge is -2.34. The molecule has 6 nitrogen and oxygen atoms in total. The molecule has 0 aliphatic carbocycles. The van der Waals surface area contributed by atoms with Gasteiger partial charge in [-0.1, -0.05) is 17.7 Å². The molecule has 0 saturated carbocycles. The molecule has 2 aliphatic rings. The van der Waals surface area contributed by atoms with Crippen molar-refractivity contribution in [3.05, 3.63) is 53.1 Å². The van der Waals surface area contributed by atoms with Crippen LogP contribution in [0.4, 0.5) is 0 Å². The topological polar surface area (TPSA) is 51.2 Å². The molecule has 4 rings (SSSR count). The zero-order valence-electron chi connectivity index (χ0n) is 16.3. The Bertz CT molecular complexity index is 835. The molecular formula is C22H25ClN2O4. The number of fused-ring (bicyclic) bond motifs is 1. The van der Waals surface area contributed by atoms with E-state index in [4.69, 9.17) is 25.8 Å². The molecule has 0 bridgehead atoms. The van der Waals surface area contributed by atoms with Gasteiger partial charge in [-0.15, -0.1) is 0 Å². The van der Waals surface area contributed by atoms with E-state index in [1.165, 1.54) is 0 Å². The maximum absolute atomic E-state index is 12.6. The first kappa shape index (κ1) is 19.9. The SMILES string of the molecule is O=C(CCc1ccc2c(c1)OCO2)N1CCN(CCOc2ccc(Cl)cc2)CC1. The second-order valence-electron chi connectivity index (χ2n) is 7.21. The molecule has 0 N–H and O–H groups in total. The summed E-state index contributed by atoms with van der Waals surface area (Å²) in [5.74, 6) is 2.58. The number of piperazine rings is 1. The molecule has 1 fully saturated rings. The van der Waals surface area contributed by atoms with E-state index < -0.39 is 0 Å². The maximum Gasteiger partial charge on any atom is 0.231 e. The van der Waals surface area contributed by atoms with Gasteiger partial charge >= 0.3 is 0 Å². The first-order valence-corrected chi connectivity index (χ1v) is 10.3. The van der Waals surface area contributed by atoms with Gasteiger partial charge in [-0.3, -0.25) is 9.69 Å². The Hall–Kier alpha value is -2.44. The van der Waals surface area contributed by atoms with Gasteiger partial charge in [0.25, 0.3) is 0 Å². The Morgan fingerprint density at radius 3 is 2.55 bits per heavy atom. The fraction of sp³-hybridized carbons (Fsp3) is 0.409. The highest BCUT2D eigenvalue weighted by Gasteiger charge is 2.21. The molecule has 0 aromatic heterocycles. The van der Waals surface area contributed by atoms with Crippen molar-refractivity contribution in [1.29, 1.82) is 0 Å². The largest absolute Gasteiger partial charge is 0.492 e. The molecule has 1 amide bonds. The molecular weight excluding hydrogens is 392 g/mol. The summed E-state index contributed by atoms with van der Waals surface area (Å²) in [7, 11) is 0. The van der Waals surface area contributed by atoms with Gasteiger partial charge in [0.15, 0.2) is 11.5 Å². The molecule has 1 saturated heterocycles. The zero-order chi connectivity index (χ0) is 20.1. The summed E-state index contributed by atoms with van der Waals surface area (Å²) in [4.78, 5) is 16.8. The number of halogens is 1. The number of carbonyl (C=O) groups is 1. The van der Waals surface area contributed by atoms with Gasteiger partial charge in [0.2, 0.25) is 12.7 Å². The van der Waals surface area contributed by atoms with Crippen molar-refractivity contribution in [3.8, 4) is 17.2 Å². The van der Waals surface area contributed by atoms with Gasteiger partial charge < -0.3 is 19.1 Å². The van der Waals surface area contributed by atoms with Gasteiger partial charge in [-0.05, 0) is 48.4 Å². The van der Waals surface area contributed by atoms with Gasteiger partial charge in [0.05, 0.1) is 0 Å². The Labute approximate surface area is 175 Å². The number of benzene rings is 2. The van der Waals surface area contributed by atoms with Crippen molar-refractivity contribution in [3.63, 3.8) is 0 Å². The predicted molar refractivity (Wildman–Crippen MR) is 111 cm³/mol. The van der Waals surface area contributed by atoms with Crippen LogP contribution in [-0.4, -0.2) is 61.8 Å². The Balaban J connectivity index is 1.15. The highest BCUT2D eigenvalue weighted by atomic mass is 35.5. The van der Waals surface area contributed by atoms with E-state index in [-0.39, 0.29) is 12.7 Å². The minimum atomic E-state index is 0.208. The van der Waals surface area contributed by atoms with Crippen molar-refractivity contribution in [1.82, 2.24) is 9.80 Å². The van der Waals surface area contributed by atoms with Crippen molar-refractivity contribution in [2.45, 2.75) is 12.8 Å². The van der Waals surface area contributed by atoms with E-state index in [9.17, 15) is 4.79 Å². The zero-order valence-corrected chi connectivity index (χ0v) is 17.1.